The molecular weight excluding hydrogens is 212 g/mol. The second kappa shape index (κ2) is 4.37. The van der Waals surface area contributed by atoms with Crippen molar-refractivity contribution in [1.29, 1.82) is 0 Å². The van der Waals surface area contributed by atoms with Crippen molar-refractivity contribution in [3.8, 4) is 5.75 Å². The molecule has 1 aromatic rings. The lowest BCUT2D eigenvalue weighted by Gasteiger charge is -2.21. The monoisotopic (exact) mass is 229 g/mol. The number of benzene rings is 1. The first kappa shape index (κ1) is 12.9. The van der Waals surface area contributed by atoms with Gasteiger partial charge in [-0.3, -0.25) is 0 Å². The van der Waals surface area contributed by atoms with Gasteiger partial charge in [0.25, 0.3) is 5.92 Å². The third kappa shape index (κ3) is 2.02. The van der Waals surface area contributed by atoms with E-state index in [1.54, 1.807) is 20.8 Å². The molecule has 0 saturated carbocycles. The summed E-state index contributed by atoms with van der Waals surface area (Å²) in [6.45, 7) is 4.51. The van der Waals surface area contributed by atoms with Crippen molar-refractivity contribution in [3.05, 3.63) is 28.3 Å². The Morgan fingerprint density at radius 1 is 1.25 bits per heavy atom. The van der Waals surface area contributed by atoms with Crippen molar-refractivity contribution >= 4 is 0 Å². The third-order valence-electron chi connectivity index (χ3n) is 2.88. The maximum Gasteiger partial charge on any atom is 0.285 e. The first-order chi connectivity index (χ1) is 7.35. The van der Waals surface area contributed by atoms with Crippen molar-refractivity contribution in [2.45, 2.75) is 26.7 Å². The molecule has 0 bridgehead atoms. The molecule has 2 N–H and O–H groups in total. The largest absolute Gasteiger partial charge is 0.496 e. The van der Waals surface area contributed by atoms with Gasteiger partial charge in [-0.15, -0.1) is 0 Å². The van der Waals surface area contributed by atoms with Crippen LogP contribution in [0.3, 0.4) is 0 Å². The smallest absolute Gasteiger partial charge is 0.285 e. The summed E-state index contributed by atoms with van der Waals surface area (Å²) in [5, 5.41) is 0. The average Bonchev–Trinajstić information content (AvgIpc) is 2.24. The van der Waals surface area contributed by atoms with Gasteiger partial charge in [-0.2, -0.15) is 8.78 Å². The third-order valence-corrected chi connectivity index (χ3v) is 2.88. The molecule has 0 spiro atoms. The van der Waals surface area contributed by atoms with Gasteiger partial charge in [0.15, 0.2) is 0 Å². The van der Waals surface area contributed by atoms with Gasteiger partial charge in [0.05, 0.1) is 13.7 Å². The summed E-state index contributed by atoms with van der Waals surface area (Å²) in [6.07, 6.45) is 0. The van der Waals surface area contributed by atoms with Crippen LogP contribution >= 0.6 is 0 Å². The van der Waals surface area contributed by atoms with Gasteiger partial charge >= 0.3 is 0 Å². The number of halogens is 2. The van der Waals surface area contributed by atoms with Crippen LogP contribution in [0.15, 0.2) is 6.07 Å². The highest BCUT2D eigenvalue weighted by molar-refractivity contribution is 5.50. The van der Waals surface area contributed by atoms with Crippen molar-refractivity contribution in [2.75, 3.05) is 13.7 Å². The van der Waals surface area contributed by atoms with Gasteiger partial charge in [0, 0.05) is 5.56 Å². The van der Waals surface area contributed by atoms with Crippen LogP contribution in [0.4, 0.5) is 8.78 Å². The van der Waals surface area contributed by atoms with Crippen LogP contribution in [-0.4, -0.2) is 13.7 Å². The van der Waals surface area contributed by atoms with Crippen LogP contribution in [0.1, 0.15) is 22.3 Å². The average molecular weight is 229 g/mol. The molecule has 0 atom stereocenters. The van der Waals surface area contributed by atoms with E-state index < -0.39 is 12.5 Å². The van der Waals surface area contributed by atoms with Gasteiger partial charge in [0.2, 0.25) is 0 Å². The van der Waals surface area contributed by atoms with Crippen LogP contribution < -0.4 is 10.5 Å². The minimum absolute atomic E-state index is 0.00852. The van der Waals surface area contributed by atoms with E-state index in [2.05, 4.69) is 0 Å². The molecule has 0 aromatic heterocycles. The van der Waals surface area contributed by atoms with Gasteiger partial charge in [0.1, 0.15) is 5.75 Å². The minimum Gasteiger partial charge on any atom is -0.496 e. The zero-order valence-electron chi connectivity index (χ0n) is 10.0. The maximum atomic E-state index is 13.6. The van der Waals surface area contributed by atoms with Crippen molar-refractivity contribution in [3.63, 3.8) is 0 Å². The van der Waals surface area contributed by atoms with Gasteiger partial charge in [-0.05, 0) is 43.5 Å². The number of alkyl halides is 2. The summed E-state index contributed by atoms with van der Waals surface area (Å²) >= 11 is 0. The lowest BCUT2D eigenvalue weighted by molar-refractivity contribution is 0.00515. The van der Waals surface area contributed by atoms with Crippen LogP contribution in [0.5, 0.6) is 5.75 Å². The Morgan fingerprint density at radius 3 is 2.25 bits per heavy atom. The molecule has 0 amide bonds. The number of aryl methyl sites for hydroxylation is 1. The Bertz CT molecular complexity index is 402. The number of ether oxygens (including phenoxy) is 1. The molecule has 1 rings (SSSR count). The number of hydrogen-bond donors (Lipinski definition) is 1. The molecule has 1 aromatic carbocycles. The molecule has 0 aliphatic heterocycles. The van der Waals surface area contributed by atoms with Crippen molar-refractivity contribution < 1.29 is 13.5 Å². The number of rotatable bonds is 3. The Labute approximate surface area is 94.4 Å². The summed E-state index contributed by atoms with van der Waals surface area (Å²) in [5.74, 6) is -2.32. The molecule has 2 nitrogen and oxygen atoms in total. The Morgan fingerprint density at radius 2 is 1.81 bits per heavy atom. The Hall–Kier alpha value is -1.16. The molecule has 0 heterocycles. The van der Waals surface area contributed by atoms with E-state index in [9.17, 15) is 8.78 Å². The molecular formula is C12H17F2NO. The van der Waals surface area contributed by atoms with E-state index in [1.165, 1.54) is 13.2 Å². The molecule has 0 radical (unpaired) electrons. The zero-order chi connectivity index (χ0) is 12.5. The van der Waals surface area contributed by atoms with E-state index in [0.29, 0.717) is 16.9 Å². The summed E-state index contributed by atoms with van der Waals surface area (Å²) in [4.78, 5) is 0. The number of methoxy groups -OCH3 is 1. The molecule has 0 saturated heterocycles. The Balaban J connectivity index is 3.45. The molecule has 0 aliphatic rings. The minimum atomic E-state index is -2.98. The topological polar surface area (TPSA) is 35.2 Å². The van der Waals surface area contributed by atoms with Crippen LogP contribution in [-0.2, 0) is 5.92 Å². The van der Waals surface area contributed by atoms with Gasteiger partial charge in [-0.25, -0.2) is 0 Å². The molecule has 16 heavy (non-hydrogen) atoms. The van der Waals surface area contributed by atoms with E-state index in [4.69, 9.17) is 10.5 Å². The summed E-state index contributed by atoms with van der Waals surface area (Å²) < 4.78 is 32.3. The van der Waals surface area contributed by atoms with Crippen LogP contribution in [0, 0.1) is 20.8 Å². The standard InChI is InChI=1S/C12H17F2NO/c1-7-5-10(12(13,14)6-15)8(2)9(3)11(7)16-4/h5H,6,15H2,1-4H3. The number of hydrogen-bond acceptors (Lipinski definition) is 2. The first-order valence-electron chi connectivity index (χ1n) is 5.08. The lowest BCUT2D eigenvalue weighted by atomic mass is 9.94. The molecule has 90 valence electrons. The SMILES string of the molecule is COc1c(C)cc(C(F)(F)CN)c(C)c1C. The second-order valence-corrected chi connectivity index (χ2v) is 3.93. The first-order valence-corrected chi connectivity index (χ1v) is 5.08. The van der Waals surface area contributed by atoms with E-state index in [0.717, 1.165) is 5.56 Å². The van der Waals surface area contributed by atoms with Crippen molar-refractivity contribution in [2.24, 2.45) is 5.73 Å². The molecule has 0 aliphatic carbocycles. The molecule has 0 fully saturated rings. The fraction of sp³-hybridized carbons (Fsp3) is 0.500. The highest BCUT2D eigenvalue weighted by Gasteiger charge is 2.32. The predicted octanol–water partition coefficient (Wildman–Crippen LogP) is 2.67. The molecule has 4 heteroatoms. The van der Waals surface area contributed by atoms with E-state index in [-0.39, 0.29) is 5.56 Å². The van der Waals surface area contributed by atoms with Crippen molar-refractivity contribution in [1.82, 2.24) is 0 Å². The summed E-state index contributed by atoms with van der Waals surface area (Å²) in [7, 11) is 1.54. The number of nitrogens with two attached hydrogens (primary N) is 1. The lowest BCUT2D eigenvalue weighted by Crippen LogP contribution is -2.26. The summed E-state index contributed by atoms with van der Waals surface area (Å²) in [6, 6.07) is 1.45. The maximum absolute atomic E-state index is 13.6. The molecule has 0 unspecified atom stereocenters. The fourth-order valence-corrected chi connectivity index (χ4v) is 1.86. The quantitative estimate of drug-likeness (QED) is 0.864. The normalized spacial score (nSPS) is 11.7. The van der Waals surface area contributed by atoms with Crippen LogP contribution in [0.25, 0.3) is 0 Å². The highest BCUT2D eigenvalue weighted by Crippen LogP contribution is 2.36. The second-order valence-electron chi connectivity index (χ2n) is 3.93. The van der Waals surface area contributed by atoms with E-state index >= 15 is 0 Å². The van der Waals surface area contributed by atoms with Gasteiger partial charge in [-0.1, -0.05) is 0 Å². The Kier molecular flexibility index (Phi) is 3.53. The fourth-order valence-electron chi connectivity index (χ4n) is 1.86. The highest BCUT2D eigenvalue weighted by atomic mass is 19.3. The van der Waals surface area contributed by atoms with Gasteiger partial charge < -0.3 is 10.5 Å². The predicted molar refractivity (Wildman–Crippen MR) is 60.2 cm³/mol. The van der Waals surface area contributed by atoms with E-state index in [1.807, 2.05) is 0 Å². The summed E-state index contributed by atoms with van der Waals surface area (Å²) in [5.41, 5.74) is 7.07. The van der Waals surface area contributed by atoms with Crippen LogP contribution in [0.2, 0.25) is 0 Å². The zero-order valence-corrected chi connectivity index (χ0v) is 10.0.